The zero-order valence-electron chi connectivity index (χ0n) is 5.46. The summed E-state index contributed by atoms with van der Waals surface area (Å²) in [5, 5.41) is 4.78. The smallest absolute Gasteiger partial charge is 0.108 e. The van der Waals surface area contributed by atoms with Crippen LogP contribution in [0.15, 0.2) is 29.0 Å². The van der Waals surface area contributed by atoms with E-state index in [1.807, 2.05) is 18.2 Å². The lowest BCUT2D eigenvalue weighted by Crippen LogP contribution is -1.88. The fourth-order valence-corrected chi connectivity index (χ4v) is 1.57. The summed E-state index contributed by atoms with van der Waals surface area (Å²) >= 11 is 9.24. The third-order valence-electron chi connectivity index (χ3n) is 1.46. The highest BCUT2D eigenvalue weighted by Crippen LogP contribution is 2.20. The van der Waals surface area contributed by atoms with Crippen molar-refractivity contribution < 1.29 is 0 Å². The van der Waals surface area contributed by atoms with Crippen molar-refractivity contribution in [3.8, 4) is 0 Å². The first-order valence-corrected chi connectivity index (χ1v) is 4.24. The van der Waals surface area contributed by atoms with Gasteiger partial charge in [0.15, 0.2) is 0 Å². The Kier molecular flexibility index (Phi) is 1.62. The molecule has 11 heavy (non-hydrogen) atoms. The van der Waals surface area contributed by atoms with Crippen LogP contribution in [-0.2, 0) is 0 Å². The summed E-state index contributed by atoms with van der Waals surface area (Å²) in [6, 6.07) is 5.57. The fourth-order valence-electron chi connectivity index (χ4n) is 0.952. The maximum atomic E-state index is 5.89. The van der Waals surface area contributed by atoms with E-state index in [-0.39, 0.29) is 0 Å². The molecular weight excluding hydrogens is 227 g/mol. The standard InChI is InChI=1S/C7H4BrClN2/c8-7-2-1-5(9)6-3-4-10-11(6)7/h1-4H. The lowest BCUT2D eigenvalue weighted by Gasteiger charge is -1.97. The van der Waals surface area contributed by atoms with Crippen molar-refractivity contribution >= 4 is 33.0 Å². The van der Waals surface area contributed by atoms with Crippen LogP contribution in [0.5, 0.6) is 0 Å². The van der Waals surface area contributed by atoms with E-state index in [4.69, 9.17) is 11.6 Å². The lowest BCUT2D eigenvalue weighted by atomic mass is 10.4. The molecule has 0 bridgehead atoms. The van der Waals surface area contributed by atoms with Crippen LogP contribution in [-0.4, -0.2) is 9.61 Å². The number of halogens is 2. The van der Waals surface area contributed by atoms with Crippen LogP contribution in [0.2, 0.25) is 5.02 Å². The Morgan fingerprint density at radius 3 is 2.91 bits per heavy atom. The third kappa shape index (κ3) is 1.04. The van der Waals surface area contributed by atoms with E-state index in [1.54, 1.807) is 10.7 Å². The molecule has 0 unspecified atom stereocenters. The summed E-state index contributed by atoms with van der Waals surface area (Å²) in [5.74, 6) is 0. The van der Waals surface area contributed by atoms with Crippen LogP contribution < -0.4 is 0 Å². The molecule has 0 atom stereocenters. The molecule has 0 aliphatic carbocycles. The molecule has 0 aliphatic heterocycles. The number of nitrogens with zero attached hydrogens (tertiary/aromatic N) is 2. The van der Waals surface area contributed by atoms with E-state index in [1.165, 1.54) is 0 Å². The topological polar surface area (TPSA) is 17.3 Å². The van der Waals surface area contributed by atoms with Gasteiger partial charge in [-0.25, -0.2) is 4.52 Å². The average Bonchev–Trinajstić information content (AvgIpc) is 2.45. The number of hydrogen-bond donors (Lipinski definition) is 0. The van der Waals surface area contributed by atoms with Crippen molar-refractivity contribution in [1.29, 1.82) is 0 Å². The molecular formula is C7H4BrClN2. The highest BCUT2D eigenvalue weighted by Gasteiger charge is 2.00. The van der Waals surface area contributed by atoms with Gasteiger partial charge < -0.3 is 0 Å². The third-order valence-corrected chi connectivity index (χ3v) is 2.38. The molecule has 2 heterocycles. The van der Waals surface area contributed by atoms with Crippen molar-refractivity contribution in [3.05, 3.63) is 34.0 Å². The van der Waals surface area contributed by atoms with Gasteiger partial charge in [-0.1, -0.05) is 11.6 Å². The number of hydrogen-bond acceptors (Lipinski definition) is 1. The molecule has 2 aromatic rings. The van der Waals surface area contributed by atoms with E-state index in [0.717, 1.165) is 10.1 Å². The molecule has 0 fully saturated rings. The second kappa shape index (κ2) is 2.50. The minimum absolute atomic E-state index is 0.714. The van der Waals surface area contributed by atoms with Gasteiger partial charge >= 0.3 is 0 Å². The quantitative estimate of drug-likeness (QED) is 0.637. The van der Waals surface area contributed by atoms with E-state index in [9.17, 15) is 0 Å². The molecule has 0 aliphatic rings. The van der Waals surface area contributed by atoms with Crippen LogP contribution in [0.4, 0.5) is 0 Å². The van der Waals surface area contributed by atoms with Crippen molar-refractivity contribution in [3.63, 3.8) is 0 Å². The number of fused-ring (bicyclic) bond motifs is 1. The Bertz CT molecular complexity index is 360. The predicted octanol–water partition coefficient (Wildman–Crippen LogP) is 2.75. The van der Waals surface area contributed by atoms with E-state index in [0.29, 0.717) is 5.02 Å². The van der Waals surface area contributed by atoms with E-state index < -0.39 is 0 Å². The van der Waals surface area contributed by atoms with Gasteiger partial charge in [0, 0.05) is 0 Å². The van der Waals surface area contributed by atoms with Crippen molar-refractivity contribution in [2.24, 2.45) is 0 Å². The van der Waals surface area contributed by atoms with Gasteiger partial charge in [-0.15, -0.1) is 0 Å². The molecule has 2 aromatic heterocycles. The summed E-state index contributed by atoms with van der Waals surface area (Å²) in [6.45, 7) is 0. The Morgan fingerprint density at radius 2 is 2.18 bits per heavy atom. The van der Waals surface area contributed by atoms with Gasteiger partial charge in [-0.05, 0) is 34.1 Å². The van der Waals surface area contributed by atoms with Gasteiger partial charge in [-0.3, -0.25) is 0 Å². The Hall–Kier alpha value is -0.540. The Labute approximate surface area is 76.9 Å². The summed E-state index contributed by atoms with van der Waals surface area (Å²) in [7, 11) is 0. The maximum Gasteiger partial charge on any atom is 0.108 e. The predicted molar refractivity (Wildman–Crippen MR) is 47.9 cm³/mol. The summed E-state index contributed by atoms with van der Waals surface area (Å²) in [6.07, 6.45) is 1.71. The average molecular weight is 231 g/mol. The second-order valence-corrected chi connectivity index (χ2v) is 3.35. The van der Waals surface area contributed by atoms with Crippen LogP contribution >= 0.6 is 27.5 Å². The lowest BCUT2D eigenvalue weighted by molar-refractivity contribution is 0.935. The maximum absolute atomic E-state index is 5.89. The largest absolute Gasteiger partial charge is 0.225 e. The van der Waals surface area contributed by atoms with E-state index in [2.05, 4.69) is 21.0 Å². The molecule has 0 radical (unpaired) electrons. The zero-order chi connectivity index (χ0) is 7.84. The number of aromatic nitrogens is 2. The highest BCUT2D eigenvalue weighted by atomic mass is 79.9. The number of rotatable bonds is 0. The zero-order valence-corrected chi connectivity index (χ0v) is 7.80. The van der Waals surface area contributed by atoms with Crippen molar-refractivity contribution in [1.82, 2.24) is 9.61 Å². The highest BCUT2D eigenvalue weighted by molar-refractivity contribution is 9.10. The first-order chi connectivity index (χ1) is 5.29. The van der Waals surface area contributed by atoms with E-state index >= 15 is 0 Å². The number of pyridine rings is 1. The molecule has 2 nitrogen and oxygen atoms in total. The van der Waals surface area contributed by atoms with Crippen LogP contribution in [0.1, 0.15) is 0 Å². The van der Waals surface area contributed by atoms with Gasteiger partial charge in [-0.2, -0.15) is 5.10 Å². The molecule has 0 saturated heterocycles. The van der Waals surface area contributed by atoms with Crippen molar-refractivity contribution in [2.45, 2.75) is 0 Å². The normalized spacial score (nSPS) is 10.7. The molecule has 0 spiro atoms. The van der Waals surface area contributed by atoms with Gasteiger partial charge in [0.1, 0.15) is 4.60 Å². The van der Waals surface area contributed by atoms with Crippen LogP contribution in [0, 0.1) is 0 Å². The molecule has 0 aromatic carbocycles. The van der Waals surface area contributed by atoms with Gasteiger partial charge in [0.25, 0.3) is 0 Å². The van der Waals surface area contributed by atoms with Crippen LogP contribution in [0.25, 0.3) is 5.52 Å². The first-order valence-electron chi connectivity index (χ1n) is 3.07. The molecule has 56 valence electrons. The Balaban J connectivity index is 2.96. The van der Waals surface area contributed by atoms with Crippen molar-refractivity contribution in [2.75, 3.05) is 0 Å². The molecule has 4 heteroatoms. The minimum atomic E-state index is 0.714. The Morgan fingerprint density at radius 1 is 1.36 bits per heavy atom. The summed E-state index contributed by atoms with van der Waals surface area (Å²) < 4.78 is 2.64. The monoisotopic (exact) mass is 230 g/mol. The van der Waals surface area contributed by atoms with Gasteiger partial charge in [0.05, 0.1) is 16.7 Å². The second-order valence-electron chi connectivity index (χ2n) is 2.13. The minimum Gasteiger partial charge on any atom is -0.225 e. The molecule has 2 rings (SSSR count). The van der Waals surface area contributed by atoms with Gasteiger partial charge in [0.2, 0.25) is 0 Å². The summed E-state index contributed by atoms with van der Waals surface area (Å²) in [4.78, 5) is 0. The molecule has 0 amide bonds. The molecule has 0 saturated carbocycles. The fraction of sp³-hybridized carbons (Fsp3) is 0. The molecule has 0 N–H and O–H groups in total. The SMILES string of the molecule is Clc1ccc(Br)n2nccc12. The summed E-state index contributed by atoms with van der Waals surface area (Å²) in [5.41, 5.74) is 0.918. The van der Waals surface area contributed by atoms with Crippen LogP contribution in [0.3, 0.4) is 0 Å². The first kappa shape index (κ1) is 7.13.